The average Bonchev–Trinajstić information content (AvgIpc) is 2.58. The van der Waals surface area contributed by atoms with Crippen molar-refractivity contribution < 1.29 is 0 Å². The Kier molecular flexibility index (Phi) is 3.15. The van der Waals surface area contributed by atoms with Crippen molar-refractivity contribution in [3.63, 3.8) is 0 Å². The monoisotopic (exact) mass is 224 g/mol. The van der Waals surface area contributed by atoms with Gasteiger partial charge in [-0.1, -0.05) is 24.9 Å². The second kappa shape index (κ2) is 4.40. The van der Waals surface area contributed by atoms with Gasteiger partial charge in [0.25, 0.3) is 0 Å². The third-order valence-corrected chi connectivity index (χ3v) is 3.59. The van der Waals surface area contributed by atoms with Crippen molar-refractivity contribution in [3.8, 4) is 0 Å². The summed E-state index contributed by atoms with van der Waals surface area (Å²) in [7, 11) is 0. The Bertz CT molecular complexity index is 331. The van der Waals surface area contributed by atoms with Gasteiger partial charge < -0.3 is 5.32 Å². The topological polar surface area (TPSA) is 24.9 Å². The van der Waals surface area contributed by atoms with Crippen molar-refractivity contribution in [1.82, 2.24) is 4.98 Å². The largest absolute Gasteiger partial charge is 0.379 e. The summed E-state index contributed by atoms with van der Waals surface area (Å²) in [6, 6.07) is 2.55. The second-order valence-electron chi connectivity index (χ2n) is 4.45. The first kappa shape index (κ1) is 10.7. The van der Waals surface area contributed by atoms with Gasteiger partial charge in [-0.15, -0.1) is 0 Å². The van der Waals surface area contributed by atoms with Crippen LogP contribution >= 0.6 is 11.6 Å². The molecule has 1 aromatic rings. The van der Waals surface area contributed by atoms with Crippen molar-refractivity contribution in [2.24, 2.45) is 5.92 Å². The molecule has 1 aromatic heterocycles. The maximum Gasteiger partial charge on any atom is 0.152 e. The van der Waals surface area contributed by atoms with Crippen LogP contribution in [0, 0.1) is 12.8 Å². The van der Waals surface area contributed by atoms with E-state index in [1.54, 1.807) is 6.20 Å². The van der Waals surface area contributed by atoms with E-state index in [2.05, 4.69) is 24.1 Å². The molecule has 1 aliphatic rings. The van der Waals surface area contributed by atoms with E-state index in [-0.39, 0.29) is 0 Å². The van der Waals surface area contributed by atoms with E-state index in [9.17, 15) is 0 Å². The van der Waals surface area contributed by atoms with Crippen LogP contribution in [0.2, 0.25) is 5.15 Å². The molecule has 0 saturated heterocycles. The summed E-state index contributed by atoms with van der Waals surface area (Å²) in [5, 5.41) is 4.12. The van der Waals surface area contributed by atoms with Crippen molar-refractivity contribution in [2.45, 2.75) is 39.2 Å². The van der Waals surface area contributed by atoms with Crippen LogP contribution in [0.25, 0.3) is 0 Å². The molecular weight excluding hydrogens is 208 g/mol. The van der Waals surface area contributed by atoms with Gasteiger partial charge in [-0.2, -0.15) is 0 Å². The molecule has 0 amide bonds. The van der Waals surface area contributed by atoms with Gasteiger partial charge in [0.1, 0.15) is 0 Å². The van der Waals surface area contributed by atoms with Crippen LogP contribution in [0.5, 0.6) is 0 Å². The average molecular weight is 225 g/mol. The summed E-state index contributed by atoms with van der Waals surface area (Å²) in [4.78, 5) is 4.11. The lowest BCUT2D eigenvalue weighted by Crippen LogP contribution is -2.22. The number of hydrogen-bond acceptors (Lipinski definition) is 2. The van der Waals surface area contributed by atoms with E-state index in [0.29, 0.717) is 11.2 Å². The van der Waals surface area contributed by atoms with Gasteiger partial charge >= 0.3 is 0 Å². The van der Waals surface area contributed by atoms with Gasteiger partial charge in [-0.25, -0.2) is 4.98 Å². The number of hydrogen-bond donors (Lipinski definition) is 1. The summed E-state index contributed by atoms with van der Waals surface area (Å²) in [5.41, 5.74) is 2.19. The zero-order chi connectivity index (χ0) is 10.8. The normalized spacial score (nSPS) is 25.5. The molecule has 2 atom stereocenters. The summed E-state index contributed by atoms with van der Waals surface area (Å²) in [6.07, 6.45) is 5.62. The molecule has 2 unspecified atom stereocenters. The van der Waals surface area contributed by atoms with E-state index in [4.69, 9.17) is 11.6 Å². The minimum absolute atomic E-state index is 0.561. The van der Waals surface area contributed by atoms with Gasteiger partial charge in [0.15, 0.2) is 5.15 Å². The van der Waals surface area contributed by atoms with Crippen LogP contribution in [0.3, 0.4) is 0 Å². The lowest BCUT2D eigenvalue weighted by molar-refractivity contribution is 0.556. The third kappa shape index (κ3) is 2.25. The Labute approximate surface area is 96.1 Å². The van der Waals surface area contributed by atoms with Gasteiger partial charge in [0.2, 0.25) is 0 Å². The number of halogens is 1. The molecule has 0 radical (unpaired) electrons. The predicted octanol–water partition coefficient (Wildman–Crippen LogP) is 3.64. The zero-order valence-electron chi connectivity index (χ0n) is 9.26. The van der Waals surface area contributed by atoms with E-state index in [1.807, 2.05) is 6.07 Å². The molecule has 3 heteroatoms. The molecule has 0 bridgehead atoms. The third-order valence-electron chi connectivity index (χ3n) is 3.30. The Morgan fingerprint density at radius 1 is 1.47 bits per heavy atom. The van der Waals surface area contributed by atoms with Crippen molar-refractivity contribution in [1.29, 1.82) is 0 Å². The fourth-order valence-corrected chi connectivity index (χ4v) is 2.50. The maximum atomic E-state index is 6.08. The molecule has 1 fully saturated rings. The molecule has 0 aliphatic heterocycles. The molecule has 1 aliphatic carbocycles. The van der Waals surface area contributed by atoms with E-state index in [1.165, 1.54) is 24.8 Å². The van der Waals surface area contributed by atoms with Crippen LogP contribution in [-0.4, -0.2) is 11.0 Å². The fourth-order valence-electron chi connectivity index (χ4n) is 2.24. The Morgan fingerprint density at radius 3 is 2.87 bits per heavy atom. The number of pyridine rings is 1. The zero-order valence-corrected chi connectivity index (χ0v) is 10.0. The minimum Gasteiger partial charge on any atom is -0.379 e. The smallest absolute Gasteiger partial charge is 0.152 e. The van der Waals surface area contributed by atoms with Crippen molar-refractivity contribution in [2.75, 3.05) is 5.32 Å². The highest BCUT2D eigenvalue weighted by Crippen LogP contribution is 2.31. The first-order valence-electron chi connectivity index (χ1n) is 5.56. The van der Waals surface area contributed by atoms with Crippen LogP contribution < -0.4 is 5.32 Å². The molecule has 1 heterocycles. The second-order valence-corrected chi connectivity index (χ2v) is 4.81. The van der Waals surface area contributed by atoms with Crippen molar-refractivity contribution >= 4 is 17.3 Å². The number of aryl methyl sites for hydroxylation is 1. The standard InChI is InChI=1S/C12H17ClN2/c1-8-4-3-5-10(8)15-11-9(2)6-7-14-12(11)13/h6-8,10,15H,3-5H2,1-2H3. The summed E-state index contributed by atoms with van der Waals surface area (Å²) in [6.45, 7) is 4.36. The number of aromatic nitrogens is 1. The van der Waals surface area contributed by atoms with Gasteiger partial charge in [0, 0.05) is 12.2 Å². The quantitative estimate of drug-likeness (QED) is 0.776. The highest BCUT2D eigenvalue weighted by molar-refractivity contribution is 6.32. The van der Waals surface area contributed by atoms with Gasteiger partial charge in [-0.05, 0) is 37.3 Å². The summed E-state index contributed by atoms with van der Waals surface area (Å²) >= 11 is 6.08. The number of anilines is 1. The molecule has 2 rings (SSSR count). The van der Waals surface area contributed by atoms with Crippen LogP contribution in [0.4, 0.5) is 5.69 Å². The summed E-state index contributed by atoms with van der Waals surface area (Å²) < 4.78 is 0. The number of nitrogens with one attached hydrogen (secondary N) is 1. The highest BCUT2D eigenvalue weighted by Gasteiger charge is 2.24. The van der Waals surface area contributed by atoms with E-state index >= 15 is 0 Å². The molecule has 1 N–H and O–H groups in total. The Balaban J connectivity index is 2.16. The minimum atomic E-state index is 0.561. The van der Waals surface area contributed by atoms with E-state index < -0.39 is 0 Å². The molecule has 15 heavy (non-hydrogen) atoms. The molecule has 1 saturated carbocycles. The Hall–Kier alpha value is -0.760. The first-order valence-corrected chi connectivity index (χ1v) is 5.94. The molecule has 0 aromatic carbocycles. The lowest BCUT2D eigenvalue weighted by Gasteiger charge is -2.20. The lowest BCUT2D eigenvalue weighted by atomic mass is 10.1. The number of nitrogens with zero attached hydrogens (tertiary/aromatic N) is 1. The Morgan fingerprint density at radius 2 is 2.27 bits per heavy atom. The molecule has 0 spiro atoms. The SMILES string of the molecule is Cc1ccnc(Cl)c1NC1CCCC1C. The van der Waals surface area contributed by atoms with Gasteiger partial charge in [-0.3, -0.25) is 0 Å². The van der Waals surface area contributed by atoms with Crippen LogP contribution in [0.15, 0.2) is 12.3 Å². The van der Waals surface area contributed by atoms with Crippen molar-refractivity contribution in [3.05, 3.63) is 23.0 Å². The molecule has 2 nitrogen and oxygen atoms in total. The molecule has 82 valence electrons. The first-order chi connectivity index (χ1) is 7.18. The summed E-state index contributed by atoms with van der Waals surface area (Å²) in [5.74, 6) is 0.737. The fraction of sp³-hybridized carbons (Fsp3) is 0.583. The van der Waals surface area contributed by atoms with Crippen LogP contribution in [-0.2, 0) is 0 Å². The highest BCUT2D eigenvalue weighted by atomic mass is 35.5. The van der Waals surface area contributed by atoms with Crippen LogP contribution in [0.1, 0.15) is 31.7 Å². The predicted molar refractivity (Wildman–Crippen MR) is 64.4 cm³/mol. The number of rotatable bonds is 2. The molecular formula is C12H17ClN2. The van der Waals surface area contributed by atoms with Gasteiger partial charge in [0.05, 0.1) is 5.69 Å². The maximum absolute atomic E-state index is 6.08. The van der Waals surface area contributed by atoms with E-state index in [0.717, 1.165) is 11.6 Å².